The minimum absolute atomic E-state index is 0.650. The van der Waals surface area contributed by atoms with Crippen molar-refractivity contribution < 1.29 is 0 Å². The monoisotopic (exact) mass is 340 g/mol. The molecule has 0 radical (unpaired) electrons. The second-order valence-corrected chi connectivity index (χ2v) is 7.26. The Labute approximate surface area is 137 Å². The lowest BCUT2D eigenvalue weighted by molar-refractivity contribution is 1.19. The van der Waals surface area contributed by atoms with Gasteiger partial charge in [0.15, 0.2) is 10.3 Å². The fourth-order valence-corrected chi connectivity index (χ4v) is 3.00. The molecule has 3 rings (SSSR count). The van der Waals surface area contributed by atoms with E-state index in [1.165, 1.54) is 34.0 Å². The van der Waals surface area contributed by atoms with E-state index in [0.717, 1.165) is 10.6 Å². The number of rotatable bonds is 1. The van der Waals surface area contributed by atoms with Gasteiger partial charge < -0.3 is 11.5 Å². The van der Waals surface area contributed by atoms with Crippen LogP contribution < -0.4 is 11.5 Å². The van der Waals surface area contributed by atoms with Crippen molar-refractivity contribution in [2.24, 2.45) is 0 Å². The minimum Gasteiger partial charge on any atom is -0.375 e. The molecular weight excluding hydrogens is 320 g/mol. The molecule has 21 heavy (non-hydrogen) atoms. The van der Waals surface area contributed by atoms with Gasteiger partial charge in [-0.3, -0.25) is 0 Å². The van der Waals surface area contributed by atoms with Gasteiger partial charge in [0, 0.05) is 21.3 Å². The van der Waals surface area contributed by atoms with Gasteiger partial charge in [-0.1, -0.05) is 13.0 Å². The molecule has 0 saturated carbocycles. The number of anilines is 2. The highest BCUT2D eigenvalue weighted by molar-refractivity contribution is 7.15. The van der Waals surface area contributed by atoms with Crippen LogP contribution in [0.2, 0.25) is 0 Å². The number of nitrogens with two attached hydrogens (primary N) is 2. The predicted molar refractivity (Wildman–Crippen MR) is 96.2 cm³/mol. The largest absolute Gasteiger partial charge is 0.375 e. The summed E-state index contributed by atoms with van der Waals surface area (Å²) in [4.78, 5) is 10.4. The van der Waals surface area contributed by atoms with Gasteiger partial charge in [-0.15, -0.1) is 34.0 Å². The zero-order chi connectivity index (χ0) is 15.7. The molecule has 0 spiro atoms. The predicted octanol–water partition coefficient (Wildman–Crippen LogP) is 4.38. The Kier molecular flexibility index (Phi) is 7.96. The van der Waals surface area contributed by atoms with Gasteiger partial charge in [0.25, 0.3) is 0 Å². The van der Waals surface area contributed by atoms with Crippen molar-refractivity contribution in [3.8, 4) is 0 Å². The molecule has 0 aliphatic rings. The van der Waals surface area contributed by atoms with Crippen LogP contribution in [0.15, 0.2) is 29.1 Å². The van der Waals surface area contributed by atoms with E-state index in [1.807, 2.05) is 30.6 Å². The van der Waals surface area contributed by atoms with Crippen molar-refractivity contribution in [3.63, 3.8) is 0 Å². The van der Waals surface area contributed by atoms with Gasteiger partial charge in [-0.2, -0.15) is 0 Å². The Hall–Kier alpha value is -1.44. The number of nitrogens with zero attached hydrogens (tertiary/aromatic N) is 2. The number of hydrogen-bond donors (Lipinski definition) is 2. The first kappa shape index (κ1) is 17.6. The maximum atomic E-state index is 5.29. The van der Waals surface area contributed by atoms with Crippen molar-refractivity contribution in [3.05, 3.63) is 44.5 Å². The molecule has 7 heteroatoms. The molecule has 0 fully saturated rings. The maximum absolute atomic E-state index is 5.29. The van der Waals surface area contributed by atoms with Crippen LogP contribution in [-0.2, 0) is 6.42 Å². The highest BCUT2D eigenvalue weighted by Gasteiger charge is 1.87. The molecule has 0 aromatic carbocycles. The van der Waals surface area contributed by atoms with Crippen LogP contribution in [0, 0.1) is 13.8 Å². The molecule has 0 aliphatic heterocycles. The quantitative estimate of drug-likeness (QED) is 0.689. The van der Waals surface area contributed by atoms with Gasteiger partial charge in [-0.05, 0) is 31.7 Å². The summed E-state index contributed by atoms with van der Waals surface area (Å²) in [5.74, 6) is 0. The summed E-state index contributed by atoms with van der Waals surface area (Å²) in [6, 6.07) is 4.24. The number of thiazole rings is 2. The highest BCUT2D eigenvalue weighted by Crippen LogP contribution is 2.11. The summed E-state index contributed by atoms with van der Waals surface area (Å²) in [7, 11) is 0. The van der Waals surface area contributed by atoms with Gasteiger partial charge in [-0.25, -0.2) is 9.97 Å². The standard InChI is InChI=1S/C6H8S.2C4H6N2S/c1-2-6-4-3-5-7-6;1-3-2-7-4(5)6-3;1-3-2-6-4(5)7-3/h3-5H,2H2,1H3;2*2H,1H3,(H2,5,6). The lowest BCUT2D eigenvalue weighted by Crippen LogP contribution is -1.80. The summed E-state index contributed by atoms with van der Waals surface area (Å²) < 4.78 is 0. The Balaban J connectivity index is 0.000000157. The molecule has 0 saturated heterocycles. The molecule has 0 bridgehead atoms. The Morgan fingerprint density at radius 3 is 2.10 bits per heavy atom. The lowest BCUT2D eigenvalue weighted by atomic mass is 10.4. The smallest absolute Gasteiger partial charge is 0.180 e. The normalized spacial score (nSPS) is 9.29. The van der Waals surface area contributed by atoms with Crippen molar-refractivity contribution in [2.45, 2.75) is 27.2 Å². The number of nitrogen functional groups attached to an aromatic ring is 2. The fraction of sp³-hybridized carbons (Fsp3) is 0.286. The SMILES string of the molecule is CCc1cccs1.Cc1cnc(N)s1.Cc1csc(N)n1. The molecule has 3 heterocycles. The second kappa shape index (κ2) is 9.49. The molecule has 4 N–H and O–H groups in total. The van der Waals surface area contributed by atoms with E-state index < -0.39 is 0 Å². The number of aromatic nitrogens is 2. The Morgan fingerprint density at radius 1 is 1.14 bits per heavy atom. The molecular formula is C14H20N4S3. The van der Waals surface area contributed by atoms with Crippen LogP contribution in [0.5, 0.6) is 0 Å². The average molecular weight is 341 g/mol. The van der Waals surface area contributed by atoms with E-state index in [0.29, 0.717) is 10.3 Å². The number of aryl methyl sites for hydroxylation is 3. The van der Waals surface area contributed by atoms with E-state index in [4.69, 9.17) is 11.5 Å². The van der Waals surface area contributed by atoms with Crippen LogP contribution in [0.1, 0.15) is 22.4 Å². The van der Waals surface area contributed by atoms with Crippen LogP contribution >= 0.6 is 34.0 Å². The summed E-state index contributed by atoms with van der Waals surface area (Å²) in [5, 5.41) is 5.34. The topological polar surface area (TPSA) is 77.8 Å². The summed E-state index contributed by atoms with van der Waals surface area (Å²) in [6.45, 7) is 6.08. The van der Waals surface area contributed by atoms with Gasteiger partial charge in [0.1, 0.15) is 0 Å². The van der Waals surface area contributed by atoms with E-state index in [1.54, 1.807) is 6.20 Å². The van der Waals surface area contributed by atoms with E-state index in [2.05, 4.69) is 34.4 Å². The third kappa shape index (κ3) is 7.79. The zero-order valence-electron chi connectivity index (χ0n) is 12.4. The van der Waals surface area contributed by atoms with E-state index in [-0.39, 0.29) is 0 Å². The second-order valence-electron chi connectivity index (χ2n) is 4.07. The van der Waals surface area contributed by atoms with Crippen LogP contribution in [-0.4, -0.2) is 9.97 Å². The number of hydrogen-bond acceptors (Lipinski definition) is 7. The molecule has 3 aromatic rings. The van der Waals surface area contributed by atoms with Gasteiger partial charge >= 0.3 is 0 Å². The lowest BCUT2D eigenvalue weighted by Gasteiger charge is -1.78. The zero-order valence-corrected chi connectivity index (χ0v) is 14.8. The third-order valence-electron chi connectivity index (χ3n) is 2.20. The summed E-state index contributed by atoms with van der Waals surface area (Å²) in [6.07, 6.45) is 2.94. The average Bonchev–Trinajstić information content (AvgIpc) is 3.16. The van der Waals surface area contributed by atoms with Crippen molar-refractivity contribution in [1.82, 2.24) is 9.97 Å². The van der Waals surface area contributed by atoms with Crippen molar-refractivity contribution in [2.75, 3.05) is 11.5 Å². The van der Waals surface area contributed by atoms with Crippen LogP contribution in [0.3, 0.4) is 0 Å². The highest BCUT2D eigenvalue weighted by atomic mass is 32.1. The Bertz CT molecular complexity index is 543. The first-order valence-electron chi connectivity index (χ1n) is 6.39. The number of thiophene rings is 1. The molecule has 0 atom stereocenters. The molecule has 114 valence electrons. The molecule has 3 aromatic heterocycles. The van der Waals surface area contributed by atoms with Gasteiger partial charge in [0.05, 0.1) is 5.69 Å². The molecule has 0 amide bonds. The van der Waals surface area contributed by atoms with Crippen LogP contribution in [0.25, 0.3) is 0 Å². The minimum atomic E-state index is 0.650. The first-order valence-corrected chi connectivity index (χ1v) is 8.96. The first-order chi connectivity index (χ1) is 10.0. The summed E-state index contributed by atoms with van der Waals surface area (Å²) in [5.41, 5.74) is 11.6. The van der Waals surface area contributed by atoms with E-state index in [9.17, 15) is 0 Å². The fourth-order valence-electron chi connectivity index (χ4n) is 1.26. The van der Waals surface area contributed by atoms with Crippen molar-refractivity contribution >= 4 is 44.3 Å². The molecule has 4 nitrogen and oxygen atoms in total. The van der Waals surface area contributed by atoms with Crippen LogP contribution in [0.4, 0.5) is 10.3 Å². The molecule has 0 aliphatic carbocycles. The third-order valence-corrected chi connectivity index (χ3v) is 4.76. The maximum Gasteiger partial charge on any atom is 0.180 e. The Morgan fingerprint density at radius 2 is 1.90 bits per heavy atom. The summed E-state index contributed by atoms with van der Waals surface area (Å²) >= 11 is 4.80. The van der Waals surface area contributed by atoms with E-state index >= 15 is 0 Å². The molecule has 0 unspecified atom stereocenters. The van der Waals surface area contributed by atoms with Gasteiger partial charge in [0.2, 0.25) is 0 Å². The van der Waals surface area contributed by atoms with Crippen molar-refractivity contribution in [1.29, 1.82) is 0 Å².